The van der Waals surface area contributed by atoms with Crippen LogP contribution in [0.4, 0.5) is 0 Å². The summed E-state index contributed by atoms with van der Waals surface area (Å²) in [6.45, 7) is 3.09. The predicted molar refractivity (Wildman–Crippen MR) is 82.0 cm³/mol. The highest BCUT2D eigenvalue weighted by atomic mass is 16.1. The Bertz CT molecular complexity index is 488. The third-order valence-electron chi connectivity index (χ3n) is 5.16. The third kappa shape index (κ3) is 2.67. The van der Waals surface area contributed by atoms with E-state index in [1.54, 1.807) is 0 Å². The van der Waals surface area contributed by atoms with E-state index in [1.165, 1.54) is 43.2 Å². The predicted octanol–water partition coefficient (Wildman–Crippen LogP) is 3.60. The van der Waals surface area contributed by atoms with Gasteiger partial charge in [0.1, 0.15) is 0 Å². The van der Waals surface area contributed by atoms with E-state index in [2.05, 4.69) is 36.5 Å². The SMILES string of the molecule is CC1(C(=O)CC2CCCc3ccccc32)CCCCN1. The lowest BCUT2D eigenvalue weighted by molar-refractivity contribution is -0.126. The molecule has 1 aromatic rings. The van der Waals surface area contributed by atoms with Crippen molar-refractivity contribution < 1.29 is 4.79 Å². The minimum absolute atomic E-state index is 0.273. The first-order chi connectivity index (χ1) is 9.69. The molecule has 2 heteroatoms. The fourth-order valence-electron chi connectivity index (χ4n) is 3.81. The number of rotatable bonds is 3. The van der Waals surface area contributed by atoms with Crippen molar-refractivity contribution in [2.24, 2.45) is 0 Å². The smallest absolute Gasteiger partial charge is 0.153 e. The Morgan fingerprint density at radius 3 is 2.95 bits per heavy atom. The molecule has 0 radical (unpaired) electrons. The Morgan fingerprint density at radius 1 is 1.30 bits per heavy atom. The van der Waals surface area contributed by atoms with Crippen LogP contribution in [0.1, 0.15) is 62.5 Å². The fraction of sp³-hybridized carbons (Fsp3) is 0.611. The number of carbonyl (C=O) groups excluding carboxylic acids is 1. The number of hydrogen-bond acceptors (Lipinski definition) is 2. The first-order valence-electron chi connectivity index (χ1n) is 8.05. The van der Waals surface area contributed by atoms with E-state index < -0.39 is 0 Å². The summed E-state index contributed by atoms with van der Waals surface area (Å²) in [7, 11) is 0. The van der Waals surface area contributed by atoms with Crippen molar-refractivity contribution in [2.75, 3.05) is 6.54 Å². The molecule has 1 saturated heterocycles. The number of piperidine rings is 1. The largest absolute Gasteiger partial charge is 0.305 e. The van der Waals surface area contributed by atoms with Crippen LogP contribution in [0.25, 0.3) is 0 Å². The Balaban J connectivity index is 1.74. The van der Waals surface area contributed by atoms with Crippen LogP contribution < -0.4 is 5.32 Å². The van der Waals surface area contributed by atoms with E-state index in [4.69, 9.17) is 0 Å². The second-order valence-corrected chi connectivity index (χ2v) is 6.63. The molecule has 20 heavy (non-hydrogen) atoms. The van der Waals surface area contributed by atoms with Crippen LogP contribution in [0.3, 0.4) is 0 Å². The van der Waals surface area contributed by atoms with E-state index in [9.17, 15) is 4.79 Å². The van der Waals surface area contributed by atoms with E-state index >= 15 is 0 Å². The lowest BCUT2D eigenvalue weighted by atomic mass is 9.76. The minimum atomic E-state index is -0.273. The molecule has 2 unspecified atom stereocenters. The lowest BCUT2D eigenvalue weighted by Crippen LogP contribution is -2.52. The molecule has 1 fully saturated rings. The van der Waals surface area contributed by atoms with Gasteiger partial charge in [-0.2, -0.15) is 0 Å². The van der Waals surface area contributed by atoms with Gasteiger partial charge in [-0.05, 0) is 69.0 Å². The summed E-state index contributed by atoms with van der Waals surface area (Å²) < 4.78 is 0. The number of nitrogens with one attached hydrogen (secondary N) is 1. The molecule has 0 spiro atoms. The highest BCUT2D eigenvalue weighted by molar-refractivity contribution is 5.88. The second-order valence-electron chi connectivity index (χ2n) is 6.63. The summed E-state index contributed by atoms with van der Waals surface area (Å²) >= 11 is 0. The molecule has 1 aliphatic heterocycles. The van der Waals surface area contributed by atoms with Crippen LogP contribution in [-0.4, -0.2) is 17.9 Å². The van der Waals surface area contributed by atoms with Gasteiger partial charge in [0.2, 0.25) is 0 Å². The molecule has 1 N–H and O–H groups in total. The average molecular weight is 271 g/mol. The summed E-state index contributed by atoms with van der Waals surface area (Å²) in [5.41, 5.74) is 2.61. The van der Waals surface area contributed by atoms with Gasteiger partial charge in [0, 0.05) is 6.42 Å². The Hall–Kier alpha value is -1.15. The maximum Gasteiger partial charge on any atom is 0.153 e. The van der Waals surface area contributed by atoms with Gasteiger partial charge >= 0.3 is 0 Å². The highest BCUT2D eigenvalue weighted by Gasteiger charge is 2.35. The van der Waals surface area contributed by atoms with Gasteiger partial charge in [-0.25, -0.2) is 0 Å². The number of ketones is 1. The summed E-state index contributed by atoms with van der Waals surface area (Å²) in [5, 5.41) is 3.46. The summed E-state index contributed by atoms with van der Waals surface area (Å²) in [6.07, 6.45) is 7.65. The third-order valence-corrected chi connectivity index (χ3v) is 5.16. The van der Waals surface area contributed by atoms with Crippen molar-refractivity contribution in [3.63, 3.8) is 0 Å². The molecule has 0 aromatic heterocycles. The average Bonchev–Trinajstić information content (AvgIpc) is 2.48. The molecule has 0 saturated carbocycles. The van der Waals surface area contributed by atoms with E-state index in [0.29, 0.717) is 18.1 Å². The second kappa shape index (κ2) is 5.69. The van der Waals surface area contributed by atoms with Crippen molar-refractivity contribution in [3.8, 4) is 0 Å². The zero-order chi connectivity index (χ0) is 14.0. The normalized spacial score (nSPS) is 29.8. The van der Waals surface area contributed by atoms with Crippen LogP contribution >= 0.6 is 0 Å². The Morgan fingerprint density at radius 2 is 2.15 bits per heavy atom. The molecule has 1 heterocycles. The maximum atomic E-state index is 12.7. The molecular weight excluding hydrogens is 246 g/mol. The van der Waals surface area contributed by atoms with E-state index in [-0.39, 0.29) is 5.54 Å². The van der Waals surface area contributed by atoms with Crippen molar-refractivity contribution in [3.05, 3.63) is 35.4 Å². The summed E-state index contributed by atoms with van der Waals surface area (Å²) in [4.78, 5) is 12.7. The van der Waals surface area contributed by atoms with Gasteiger partial charge in [-0.3, -0.25) is 4.79 Å². The van der Waals surface area contributed by atoms with Gasteiger partial charge < -0.3 is 5.32 Å². The van der Waals surface area contributed by atoms with Gasteiger partial charge in [0.05, 0.1) is 5.54 Å². The number of hydrogen-bond donors (Lipinski definition) is 1. The van der Waals surface area contributed by atoms with Crippen molar-refractivity contribution in [1.29, 1.82) is 0 Å². The number of carbonyl (C=O) groups is 1. The van der Waals surface area contributed by atoms with Crippen LogP contribution in [0.5, 0.6) is 0 Å². The molecule has 0 bridgehead atoms. The van der Waals surface area contributed by atoms with E-state index in [1.807, 2.05) is 0 Å². The number of fused-ring (bicyclic) bond motifs is 1. The number of Topliss-reactive ketones (excluding diaryl/α,β-unsaturated/α-hetero) is 1. The lowest BCUT2D eigenvalue weighted by Gasteiger charge is -2.35. The Kier molecular flexibility index (Phi) is 3.93. The first kappa shape index (κ1) is 13.8. The van der Waals surface area contributed by atoms with Crippen molar-refractivity contribution in [1.82, 2.24) is 5.32 Å². The van der Waals surface area contributed by atoms with Crippen LogP contribution in [0.2, 0.25) is 0 Å². The monoisotopic (exact) mass is 271 g/mol. The molecule has 2 nitrogen and oxygen atoms in total. The Labute approximate surface area is 122 Å². The van der Waals surface area contributed by atoms with Crippen molar-refractivity contribution in [2.45, 2.75) is 63.3 Å². The molecule has 2 aliphatic rings. The maximum absolute atomic E-state index is 12.7. The van der Waals surface area contributed by atoms with Crippen LogP contribution in [-0.2, 0) is 11.2 Å². The zero-order valence-corrected chi connectivity index (χ0v) is 12.5. The fourth-order valence-corrected chi connectivity index (χ4v) is 3.81. The molecule has 2 atom stereocenters. The highest BCUT2D eigenvalue weighted by Crippen LogP contribution is 2.35. The minimum Gasteiger partial charge on any atom is -0.305 e. The molecule has 1 aromatic carbocycles. The molecule has 0 amide bonds. The van der Waals surface area contributed by atoms with Crippen LogP contribution in [0.15, 0.2) is 24.3 Å². The molecule has 1 aliphatic carbocycles. The summed E-state index contributed by atoms with van der Waals surface area (Å²) in [6, 6.07) is 8.69. The topological polar surface area (TPSA) is 29.1 Å². The summed E-state index contributed by atoms with van der Waals surface area (Å²) in [5.74, 6) is 0.854. The molecular formula is C18H25NO. The van der Waals surface area contributed by atoms with Gasteiger partial charge in [0.15, 0.2) is 5.78 Å². The van der Waals surface area contributed by atoms with Crippen LogP contribution in [0, 0.1) is 0 Å². The van der Waals surface area contributed by atoms with Gasteiger partial charge in [0.25, 0.3) is 0 Å². The molecule has 3 rings (SSSR count). The number of aryl methyl sites for hydroxylation is 1. The van der Waals surface area contributed by atoms with Gasteiger partial charge in [-0.1, -0.05) is 24.3 Å². The van der Waals surface area contributed by atoms with Crippen molar-refractivity contribution >= 4 is 5.78 Å². The molecule has 108 valence electrons. The quantitative estimate of drug-likeness (QED) is 0.910. The number of benzene rings is 1. The zero-order valence-electron chi connectivity index (χ0n) is 12.5. The standard InChI is InChI=1S/C18H25NO/c1-18(11-4-5-12-19-18)17(20)13-15-9-6-8-14-7-2-3-10-16(14)15/h2-3,7,10,15,19H,4-6,8-9,11-13H2,1H3. The first-order valence-corrected chi connectivity index (χ1v) is 8.05. The van der Waals surface area contributed by atoms with E-state index in [0.717, 1.165) is 13.0 Å². The van der Waals surface area contributed by atoms with Gasteiger partial charge in [-0.15, -0.1) is 0 Å².